The van der Waals surface area contributed by atoms with E-state index in [9.17, 15) is 9.59 Å². The zero-order chi connectivity index (χ0) is 23.7. The molecule has 1 saturated carbocycles. The molecule has 0 spiro atoms. The number of benzene rings is 2. The Morgan fingerprint density at radius 2 is 1.71 bits per heavy atom. The smallest absolute Gasteiger partial charge is 0.234 e. The molecule has 5 rings (SSSR count). The van der Waals surface area contributed by atoms with Crippen LogP contribution in [-0.2, 0) is 16.1 Å². The van der Waals surface area contributed by atoms with E-state index >= 15 is 0 Å². The van der Waals surface area contributed by atoms with Gasteiger partial charge in [0.05, 0.1) is 12.5 Å². The number of nitrogens with zero attached hydrogens (tertiary/aromatic N) is 3. The Kier molecular flexibility index (Phi) is 6.75. The number of fused-ring (bicyclic) bond motifs is 1. The maximum Gasteiger partial charge on any atom is 0.234 e. The third kappa shape index (κ3) is 4.77. The third-order valence-corrected chi connectivity index (χ3v) is 7.89. The van der Waals surface area contributed by atoms with E-state index in [1.165, 1.54) is 5.69 Å². The van der Waals surface area contributed by atoms with Crippen molar-refractivity contribution in [3.05, 3.63) is 65.2 Å². The lowest BCUT2D eigenvalue weighted by molar-refractivity contribution is -0.142. The summed E-state index contributed by atoms with van der Waals surface area (Å²) in [5.41, 5.74) is 2.19. The molecule has 34 heavy (non-hydrogen) atoms. The predicted molar refractivity (Wildman–Crippen MR) is 138 cm³/mol. The average molecular weight is 497 g/mol. The number of carbonyl (C=O) groups is 2. The van der Waals surface area contributed by atoms with Gasteiger partial charge in [-0.2, -0.15) is 0 Å². The molecular formula is C26H29ClN4O2S. The Hall–Kier alpha value is -2.64. The first-order chi connectivity index (χ1) is 16.5. The van der Waals surface area contributed by atoms with Crippen molar-refractivity contribution in [3.63, 3.8) is 0 Å². The number of anilines is 1. The van der Waals surface area contributed by atoms with Gasteiger partial charge in [0.2, 0.25) is 11.8 Å². The number of carbonyl (C=O) groups excluding carboxylic acids is 2. The normalized spacial score (nSPS) is 25.1. The van der Waals surface area contributed by atoms with Gasteiger partial charge in [-0.05, 0) is 61.3 Å². The molecule has 3 unspecified atom stereocenters. The molecule has 1 aliphatic carbocycles. The highest BCUT2D eigenvalue weighted by Gasteiger charge is 2.44. The molecule has 2 heterocycles. The highest BCUT2D eigenvalue weighted by molar-refractivity contribution is 7.80. The molecule has 2 aliphatic heterocycles. The van der Waals surface area contributed by atoms with Crippen LogP contribution < -0.4 is 10.2 Å². The molecule has 2 amide bonds. The van der Waals surface area contributed by atoms with E-state index < -0.39 is 0 Å². The lowest BCUT2D eigenvalue weighted by atomic mass is 9.76. The van der Waals surface area contributed by atoms with E-state index in [4.69, 9.17) is 23.8 Å². The Balaban J connectivity index is 1.17. The zero-order valence-corrected chi connectivity index (χ0v) is 20.6. The van der Waals surface area contributed by atoms with E-state index in [1.807, 2.05) is 47.4 Å². The highest BCUT2D eigenvalue weighted by atomic mass is 35.5. The van der Waals surface area contributed by atoms with E-state index in [-0.39, 0.29) is 29.7 Å². The number of nitrogens with one attached hydrogen (secondary N) is 1. The summed E-state index contributed by atoms with van der Waals surface area (Å²) in [4.78, 5) is 32.6. The van der Waals surface area contributed by atoms with Gasteiger partial charge < -0.3 is 15.1 Å². The number of hydrogen-bond donors (Lipinski definition) is 1. The summed E-state index contributed by atoms with van der Waals surface area (Å²) >= 11 is 11.5. The van der Waals surface area contributed by atoms with Gasteiger partial charge in [0, 0.05) is 48.8 Å². The number of piperazine rings is 1. The van der Waals surface area contributed by atoms with Gasteiger partial charge in [0.1, 0.15) is 0 Å². The van der Waals surface area contributed by atoms with E-state index in [0.717, 1.165) is 38.2 Å². The van der Waals surface area contributed by atoms with Crippen molar-refractivity contribution < 1.29 is 9.59 Å². The van der Waals surface area contributed by atoms with Crippen LogP contribution in [0.1, 0.15) is 24.8 Å². The first kappa shape index (κ1) is 23.1. The van der Waals surface area contributed by atoms with Crippen LogP contribution in [0.25, 0.3) is 0 Å². The minimum atomic E-state index is -0.141. The minimum absolute atomic E-state index is 0.0598. The van der Waals surface area contributed by atoms with Crippen molar-refractivity contribution in [1.29, 1.82) is 0 Å². The highest BCUT2D eigenvalue weighted by Crippen LogP contribution is 2.35. The third-order valence-electron chi connectivity index (χ3n) is 7.30. The predicted octanol–water partition coefficient (Wildman–Crippen LogP) is 3.69. The molecule has 0 bridgehead atoms. The number of halogens is 1. The molecule has 0 aromatic heterocycles. The SMILES string of the molecule is O=C(C1CCC2C(=O)N(Cc3ccc(Cl)cc3)C(=S)NC2C1)N1CCN(c2ccccc2)CC1. The molecule has 6 nitrogen and oxygen atoms in total. The van der Waals surface area contributed by atoms with Crippen LogP contribution in [0.3, 0.4) is 0 Å². The summed E-state index contributed by atoms with van der Waals surface area (Å²) < 4.78 is 0. The monoisotopic (exact) mass is 496 g/mol. The van der Waals surface area contributed by atoms with Crippen LogP contribution in [0.2, 0.25) is 5.02 Å². The van der Waals surface area contributed by atoms with Gasteiger partial charge in [-0.15, -0.1) is 0 Å². The van der Waals surface area contributed by atoms with Gasteiger partial charge in [-0.25, -0.2) is 0 Å². The average Bonchev–Trinajstić information content (AvgIpc) is 2.87. The van der Waals surface area contributed by atoms with Gasteiger partial charge in [0.15, 0.2) is 5.11 Å². The van der Waals surface area contributed by atoms with Crippen molar-refractivity contribution in [1.82, 2.24) is 15.1 Å². The second-order valence-corrected chi connectivity index (χ2v) is 10.2. The number of amides is 2. The molecule has 2 saturated heterocycles. The van der Waals surface area contributed by atoms with Crippen LogP contribution in [0.5, 0.6) is 0 Å². The molecule has 3 aliphatic rings. The number of hydrogen-bond acceptors (Lipinski definition) is 4. The van der Waals surface area contributed by atoms with Crippen molar-refractivity contribution in [2.24, 2.45) is 11.8 Å². The summed E-state index contributed by atoms with van der Waals surface area (Å²) in [5.74, 6) is 0.0782. The van der Waals surface area contributed by atoms with Gasteiger partial charge in [-0.1, -0.05) is 41.9 Å². The molecule has 2 aromatic rings. The summed E-state index contributed by atoms with van der Waals surface area (Å²) in [5, 5.41) is 4.49. The van der Waals surface area contributed by atoms with Crippen LogP contribution in [0.4, 0.5) is 5.69 Å². The summed E-state index contributed by atoms with van der Waals surface area (Å²) in [6.45, 7) is 3.58. The first-order valence-electron chi connectivity index (χ1n) is 11.9. The van der Waals surface area contributed by atoms with Crippen molar-refractivity contribution in [2.45, 2.75) is 31.8 Å². The Morgan fingerprint density at radius 1 is 1.00 bits per heavy atom. The van der Waals surface area contributed by atoms with Gasteiger partial charge in [0.25, 0.3) is 0 Å². The van der Waals surface area contributed by atoms with Crippen molar-refractivity contribution in [3.8, 4) is 0 Å². The molecule has 3 atom stereocenters. The van der Waals surface area contributed by atoms with Gasteiger partial charge in [-0.3, -0.25) is 14.5 Å². The van der Waals surface area contributed by atoms with Crippen LogP contribution in [0, 0.1) is 11.8 Å². The maximum atomic E-state index is 13.3. The summed E-state index contributed by atoms with van der Waals surface area (Å²) in [6.07, 6.45) is 2.10. The quantitative estimate of drug-likeness (QED) is 0.654. The van der Waals surface area contributed by atoms with E-state index in [0.29, 0.717) is 29.5 Å². The molecular weight excluding hydrogens is 468 g/mol. The van der Waals surface area contributed by atoms with Crippen LogP contribution in [-0.4, -0.2) is 58.9 Å². The van der Waals surface area contributed by atoms with Crippen LogP contribution >= 0.6 is 23.8 Å². The summed E-state index contributed by atoms with van der Waals surface area (Å²) in [7, 11) is 0. The topological polar surface area (TPSA) is 55.9 Å². The van der Waals surface area contributed by atoms with Crippen LogP contribution in [0.15, 0.2) is 54.6 Å². The first-order valence-corrected chi connectivity index (χ1v) is 12.7. The fraction of sp³-hybridized carbons (Fsp3) is 0.423. The van der Waals surface area contributed by atoms with Crippen molar-refractivity contribution >= 4 is 46.4 Å². The second-order valence-electron chi connectivity index (χ2n) is 9.37. The van der Waals surface area contributed by atoms with E-state index in [2.05, 4.69) is 22.3 Å². The molecule has 8 heteroatoms. The molecule has 2 aromatic carbocycles. The number of para-hydroxylation sites is 1. The fourth-order valence-corrected chi connectivity index (χ4v) is 5.82. The second kappa shape index (κ2) is 9.92. The lowest BCUT2D eigenvalue weighted by Gasteiger charge is -2.45. The van der Waals surface area contributed by atoms with E-state index in [1.54, 1.807) is 4.90 Å². The molecule has 0 radical (unpaired) electrons. The molecule has 178 valence electrons. The largest absolute Gasteiger partial charge is 0.368 e. The fourth-order valence-electron chi connectivity index (χ4n) is 5.39. The van der Waals surface area contributed by atoms with Crippen molar-refractivity contribution in [2.75, 3.05) is 31.1 Å². The summed E-state index contributed by atoms with van der Waals surface area (Å²) in [6, 6.07) is 17.7. The molecule has 3 fully saturated rings. The Morgan fingerprint density at radius 3 is 2.41 bits per heavy atom. The zero-order valence-electron chi connectivity index (χ0n) is 19.0. The Labute approximate surface area is 210 Å². The van der Waals surface area contributed by atoms with Gasteiger partial charge >= 0.3 is 0 Å². The number of thiocarbonyl (C=S) groups is 1. The number of rotatable bonds is 4. The standard InChI is InChI=1S/C26H29ClN4O2S/c27-20-9-6-18(7-10-20)17-31-25(33)22-11-8-19(16-23(22)28-26(31)34)24(32)30-14-12-29(13-15-30)21-4-2-1-3-5-21/h1-7,9-10,19,22-23H,8,11-17H2,(H,28,34). The Bertz CT molecular complexity index is 1060. The maximum absolute atomic E-state index is 13.3. The molecule has 1 N–H and O–H groups in total. The minimum Gasteiger partial charge on any atom is -0.368 e. The lowest BCUT2D eigenvalue weighted by Crippen LogP contribution is -2.62.